The van der Waals surface area contributed by atoms with Crippen LogP contribution >= 0.6 is 0 Å². The number of amides is 3. The van der Waals surface area contributed by atoms with Gasteiger partial charge in [0, 0.05) is 38.2 Å². The summed E-state index contributed by atoms with van der Waals surface area (Å²) in [4.78, 5) is 26.3. The van der Waals surface area contributed by atoms with Crippen LogP contribution in [0.3, 0.4) is 0 Å². The summed E-state index contributed by atoms with van der Waals surface area (Å²) in [6.07, 6.45) is 5.00. The Morgan fingerprint density at radius 2 is 2.12 bits per heavy atom. The van der Waals surface area contributed by atoms with E-state index < -0.39 is 0 Å². The molecule has 2 fully saturated rings. The van der Waals surface area contributed by atoms with Crippen LogP contribution in [0.25, 0.3) is 0 Å². The van der Waals surface area contributed by atoms with E-state index in [0.29, 0.717) is 18.3 Å². The molecule has 0 radical (unpaired) electrons. The first-order valence-corrected chi connectivity index (χ1v) is 8.80. The molecule has 0 bridgehead atoms. The zero-order chi connectivity index (χ0) is 17.3. The maximum atomic E-state index is 12.6. The second-order valence-electron chi connectivity index (χ2n) is 7.08. The molecule has 0 spiro atoms. The number of piperidine rings is 1. The van der Waals surface area contributed by atoms with Gasteiger partial charge >= 0.3 is 6.03 Å². The van der Waals surface area contributed by atoms with Gasteiger partial charge < -0.3 is 15.5 Å². The molecule has 132 valence electrons. The van der Waals surface area contributed by atoms with Crippen molar-refractivity contribution in [1.29, 1.82) is 0 Å². The van der Waals surface area contributed by atoms with Gasteiger partial charge in [-0.25, -0.2) is 4.79 Å². The minimum absolute atomic E-state index is 0.0200. The van der Waals surface area contributed by atoms with Crippen molar-refractivity contribution >= 4 is 11.9 Å². The van der Waals surface area contributed by atoms with E-state index in [1.165, 1.54) is 0 Å². The molecule has 0 aliphatic carbocycles. The van der Waals surface area contributed by atoms with Gasteiger partial charge in [-0.1, -0.05) is 13.8 Å². The van der Waals surface area contributed by atoms with E-state index >= 15 is 0 Å². The highest BCUT2D eigenvalue weighted by molar-refractivity contribution is 5.79. The average molecular weight is 333 g/mol. The molecule has 0 saturated carbocycles. The van der Waals surface area contributed by atoms with E-state index in [1.54, 1.807) is 10.9 Å². The van der Waals surface area contributed by atoms with Gasteiger partial charge in [-0.15, -0.1) is 0 Å². The van der Waals surface area contributed by atoms with Crippen LogP contribution in [0.5, 0.6) is 0 Å². The van der Waals surface area contributed by atoms with Crippen molar-refractivity contribution in [1.82, 2.24) is 25.3 Å². The molecule has 24 heavy (non-hydrogen) atoms. The lowest BCUT2D eigenvalue weighted by molar-refractivity contribution is -0.124. The van der Waals surface area contributed by atoms with Crippen LogP contribution in [-0.4, -0.2) is 45.8 Å². The highest BCUT2D eigenvalue weighted by Gasteiger charge is 2.43. The predicted molar refractivity (Wildman–Crippen MR) is 90.2 cm³/mol. The number of aryl methyl sites for hydroxylation is 1. The van der Waals surface area contributed by atoms with Crippen LogP contribution in [0, 0.1) is 5.41 Å². The van der Waals surface area contributed by atoms with E-state index in [4.69, 9.17) is 0 Å². The van der Waals surface area contributed by atoms with E-state index in [9.17, 15) is 9.59 Å². The highest BCUT2D eigenvalue weighted by atomic mass is 16.2. The number of likely N-dealkylation sites (tertiary alicyclic amines) is 1. The molecule has 2 atom stereocenters. The third kappa shape index (κ3) is 2.99. The van der Waals surface area contributed by atoms with Crippen LogP contribution in [0.4, 0.5) is 4.79 Å². The third-order valence-electron chi connectivity index (χ3n) is 5.73. The molecule has 2 N–H and O–H groups in total. The topological polar surface area (TPSA) is 79.3 Å². The fourth-order valence-electron chi connectivity index (χ4n) is 3.78. The van der Waals surface area contributed by atoms with Gasteiger partial charge in [0.25, 0.3) is 0 Å². The molecule has 3 amide bonds. The number of nitrogens with zero attached hydrogens (tertiary/aromatic N) is 3. The molecule has 1 aromatic heterocycles. The molecule has 0 aromatic carbocycles. The van der Waals surface area contributed by atoms with E-state index in [0.717, 1.165) is 31.6 Å². The lowest BCUT2D eigenvalue weighted by atomic mass is 9.75. The largest absolute Gasteiger partial charge is 0.346 e. The van der Waals surface area contributed by atoms with Crippen molar-refractivity contribution in [3.63, 3.8) is 0 Å². The predicted octanol–water partition coefficient (Wildman–Crippen LogP) is 1.57. The van der Waals surface area contributed by atoms with Crippen molar-refractivity contribution in [3.8, 4) is 0 Å². The molecule has 2 aliphatic rings. The Labute approximate surface area is 142 Å². The Bertz CT molecular complexity index is 614. The number of rotatable bonds is 4. The summed E-state index contributed by atoms with van der Waals surface area (Å²) in [7, 11) is 1.85. The fraction of sp³-hybridized carbons (Fsp3) is 0.706. The Balaban J connectivity index is 1.66. The monoisotopic (exact) mass is 333 g/mol. The number of hydrogen-bond acceptors (Lipinski definition) is 3. The van der Waals surface area contributed by atoms with Crippen LogP contribution in [-0.2, 0) is 11.8 Å². The van der Waals surface area contributed by atoms with Crippen LogP contribution in [0.15, 0.2) is 12.3 Å². The first-order chi connectivity index (χ1) is 11.5. The lowest BCUT2D eigenvalue weighted by Gasteiger charge is -2.50. The van der Waals surface area contributed by atoms with E-state index in [2.05, 4.69) is 29.6 Å². The summed E-state index contributed by atoms with van der Waals surface area (Å²) in [5, 5.41) is 10.3. The quantitative estimate of drug-likeness (QED) is 0.878. The number of aromatic nitrogens is 2. The van der Waals surface area contributed by atoms with Gasteiger partial charge in [0.1, 0.15) is 0 Å². The summed E-state index contributed by atoms with van der Waals surface area (Å²) in [5.41, 5.74) is 1.20. The molecular formula is C17H27N5O2. The van der Waals surface area contributed by atoms with Crippen LogP contribution < -0.4 is 10.6 Å². The number of urea groups is 1. The first kappa shape index (κ1) is 16.8. The molecule has 7 nitrogen and oxygen atoms in total. The van der Waals surface area contributed by atoms with Gasteiger partial charge in [-0.3, -0.25) is 9.48 Å². The van der Waals surface area contributed by atoms with Crippen molar-refractivity contribution in [2.24, 2.45) is 12.5 Å². The Kier molecular flexibility index (Phi) is 4.51. The standard InChI is InChI=1S/C17H27N5O2/c1-4-17(5-2)10-22(11-17)16(24)19-12-6-7-14(23)20-15(12)13-8-9-18-21(13)3/h8-9,12,15H,4-7,10-11H2,1-3H3,(H,19,24)(H,20,23)/t12-,15-/m1/s1. The molecule has 3 heterocycles. The SMILES string of the molecule is CCC1(CC)CN(C(=O)N[C@@H]2CCC(=O)N[C@H]2c2ccnn2C)C1. The number of carbonyl (C=O) groups is 2. The molecular weight excluding hydrogens is 306 g/mol. The summed E-state index contributed by atoms with van der Waals surface area (Å²) < 4.78 is 1.75. The molecule has 2 saturated heterocycles. The fourth-order valence-corrected chi connectivity index (χ4v) is 3.78. The molecule has 3 rings (SSSR count). The Morgan fingerprint density at radius 3 is 2.71 bits per heavy atom. The minimum atomic E-state index is -0.230. The zero-order valence-corrected chi connectivity index (χ0v) is 14.7. The molecule has 2 aliphatic heterocycles. The van der Waals surface area contributed by atoms with E-state index in [-0.39, 0.29) is 24.0 Å². The minimum Gasteiger partial charge on any atom is -0.346 e. The second kappa shape index (κ2) is 6.45. The van der Waals surface area contributed by atoms with Crippen molar-refractivity contribution in [3.05, 3.63) is 18.0 Å². The summed E-state index contributed by atoms with van der Waals surface area (Å²) >= 11 is 0. The van der Waals surface area contributed by atoms with Crippen molar-refractivity contribution in [2.75, 3.05) is 13.1 Å². The third-order valence-corrected chi connectivity index (χ3v) is 5.73. The van der Waals surface area contributed by atoms with Crippen molar-refractivity contribution < 1.29 is 9.59 Å². The number of nitrogens with one attached hydrogen (secondary N) is 2. The van der Waals surface area contributed by atoms with Crippen LogP contribution in [0.1, 0.15) is 51.3 Å². The van der Waals surface area contributed by atoms with Gasteiger partial charge in [-0.2, -0.15) is 5.10 Å². The average Bonchev–Trinajstić information content (AvgIpc) is 2.95. The molecule has 7 heteroatoms. The molecule has 0 unspecified atom stereocenters. The maximum absolute atomic E-state index is 12.6. The molecule has 1 aromatic rings. The lowest BCUT2D eigenvalue weighted by Crippen LogP contribution is -2.62. The Hall–Kier alpha value is -2.05. The smallest absolute Gasteiger partial charge is 0.317 e. The van der Waals surface area contributed by atoms with Gasteiger partial charge in [0.2, 0.25) is 5.91 Å². The van der Waals surface area contributed by atoms with Gasteiger partial charge in [0.05, 0.1) is 17.8 Å². The normalized spacial score (nSPS) is 25.8. The Morgan fingerprint density at radius 1 is 1.42 bits per heavy atom. The second-order valence-corrected chi connectivity index (χ2v) is 7.08. The zero-order valence-electron chi connectivity index (χ0n) is 14.7. The van der Waals surface area contributed by atoms with Gasteiger partial charge in [-0.05, 0) is 25.3 Å². The van der Waals surface area contributed by atoms with E-state index in [1.807, 2.05) is 18.0 Å². The first-order valence-electron chi connectivity index (χ1n) is 8.80. The van der Waals surface area contributed by atoms with Gasteiger partial charge in [0.15, 0.2) is 0 Å². The summed E-state index contributed by atoms with van der Waals surface area (Å²) in [5.74, 6) is 0.0200. The summed E-state index contributed by atoms with van der Waals surface area (Å²) in [6, 6.07) is 1.52. The van der Waals surface area contributed by atoms with Crippen molar-refractivity contribution in [2.45, 2.75) is 51.6 Å². The maximum Gasteiger partial charge on any atom is 0.317 e. The highest BCUT2D eigenvalue weighted by Crippen LogP contribution is 2.37. The number of carbonyl (C=O) groups excluding carboxylic acids is 2. The van der Waals surface area contributed by atoms with Crippen LogP contribution in [0.2, 0.25) is 0 Å². The summed E-state index contributed by atoms with van der Waals surface area (Å²) in [6.45, 7) is 6.02. The number of hydrogen-bond donors (Lipinski definition) is 2.